The largest absolute Gasteiger partial charge is 0.449 e. The zero-order chi connectivity index (χ0) is 19.0. The van der Waals surface area contributed by atoms with Gasteiger partial charge in [-0.05, 0) is 38.0 Å². The summed E-state index contributed by atoms with van der Waals surface area (Å²) in [4.78, 5) is 23.5. The Hall–Kier alpha value is -2.26. The van der Waals surface area contributed by atoms with E-state index in [1.807, 2.05) is 0 Å². The van der Waals surface area contributed by atoms with Crippen molar-refractivity contribution >= 4 is 11.9 Å². The molecular weight excluding hydrogens is 356 g/mol. The van der Waals surface area contributed by atoms with E-state index in [9.17, 15) is 35.9 Å². The standard InChI is InChI=1S/C15H13F6NO3/c1-7(12(23)22-11-2-3-11)25-13(24)8-4-9(14(16,17)18)6-10(5-8)15(19,20)21/h4-7,11H,2-3H2,1H3,(H,22,23)/t7-/m0/s1. The van der Waals surface area contributed by atoms with E-state index in [1.165, 1.54) is 6.92 Å². The monoisotopic (exact) mass is 369 g/mol. The fourth-order valence-electron chi connectivity index (χ4n) is 1.90. The number of nitrogens with one attached hydrogen (secondary N) is 1. The van der Waals surface area contributed by atoms with E-state index < -0.39 is 47.0 Å². The summed E-state index contributed by atoms with van der Waals surface area (Å²) in [5, 5.41) is 2.51. The summed E-state index contributed by atoms with van der Waals surface area (Å²) in [5.74, 6) is -2.12. The Kier molecular flexibility index (Phi) is 5.01. The number of amides is 1. The number of hydrogen-bond acceptors (Lipinski definition) is 3. The maximum atomic E-state index is 12.8. The predicted octanol–water partition coefficient (Wildman–Crippen LogP) is 3.55. The molecule has 0 saturated heterocycles. The van der Waals surface area contributed by atoms with Gasteiger partial charge in [0.25, 0.3) is 5.91 Å². The van der Waals surface area contributed by atoms with E-state index >= 15 is 0 Å². The molecule has 1 aromatic carbocycles. The Bertz CT molecular complexity index is 647. The molecule has 0 unspecified atom stereocenters. The molecule has 1 fully saturated rings. The van der Waals surface area contributed by atoms with Gasteiger partial charge in [-0.25, -0.2) is 4.79 Å². The first kappa shape index (κ1) is 19.1. The van der Waals surface area contributed by atoms with Crippen LogP contribution in [0.2, 0.25) is 0 Å². The number of alkyl halides is 6. The van der Waals surface area contributed by atoms with Crippen molar-refractivity contribution in [2.24, 2.45) is 0 Å². The summed E-state index contributed by atoms with van der Waals surface area (Å²) in [5.41, 5.74) is -4.21. The molecule has 0 aromatic heterocycles. The molecule has 1 atom stereocenters. The van der Waals surface area contributed by atoms with Gasteiger partial charge in [-0.15, -0.1) is 0 Å². The van der Waals surface area contributed by atoms with Crippen LogP contribution in [-0.4, -0.2) is 24.0 Å². The van der Waals surface area contributed by atoms with E-state index in [-0.39, 0.29) is 24.2 Å². The van der Waals surface area contributed by atoms with Crippen molar-refractivity contribution in [1.82, 2.24) is 5.32 Å². The van der Waals surface area contributed by atoms with Crippen molar-refractivity contribution in [3.63, 3.8) is 0 Å². The molecule has 1 aliphatic rings. The maximum Gasteiger partial charge on any atom is 0.416 e. The molecule has 1 N–H and O–H groups in total. The Morgan fingerprint density at radius 2 is 1.52 bits per heavy atom. The Labute approximate surface area is 138 Å². The van der Waals surface area contributed by atoms with Crippen LogP contribution >= 0.6 is 0 Å². The maximum absolute atomic E-state index is 12.8. The minimum Gasteiger partial charge on any atom is -0.449 e. The summed E-state index contributed by atoms with van der Waals surface area (Å²) in [6, 6.07) is 0.366. The third-order valence-electron chi connectivity index (χ3n) is 3.40. The van der Waals surface area contributed by atoms with Crippen LogP contribution in [0, 0.1) is 0 Å². The summed E-state index contributed by atoms with van der Waals surface area (Å²) < 4.78 is 81.2. The van der Waals surface area contributed by atoms with Crippen LogP contribution in [0.25, 0.3) is 0 Å². The smallest absolute Gasteiger partial charge is 0.416 e. The van der Waals surface area contributed by atoms with E-state index in [0.717, 1.165) is 12.8 Å². The lowest BCUT2D eigenvalue weighted by Gasteiger charge is -2.16. The van der Waals surface area contributed by atoms with Gasteiger partial charge < -0.3 is 10.1 Å². The molecule has 0 heterocycles. The highest BCUT2D eigenvalue weighted by atomic mass is 19.4. The molecule has 10 heteroatoms. The predicted molar refractivity (Wildman–Crippen MR) is 72.5 cm³/mol. The zero-order valence-corrected chi connectivity index (χ0v) is 12.8. The average Bonchev–Trinajstić information content (AvgIpc) is 3.28. The number of carbonyl (C=O) groups is 2. The lowest BCUT2D eigenvalue weighted by molar-refractivity contribution is -0.143. The highest BCUT2D eigenvalue weighted by Gasteiger charge is 2.38. The summed E-state index contributed by atoms with van der Waals surface area (Å²) >= 11 is 0. The van der Waals surface area contributed by atoms with Crippen LogP contribution in [0.4, 0.5) is 26.3 Å². The van der Waals surface area contributed by atoms with Crippen LogP contribution in [0.1, 0.15) is 41.3 Å². The molecule has 4 nitrogen and oxygen atoms in total. The Balaban J connectivity index is 2.23. The molecule has 0 radical (unpaired) electrons. The van der Waals surface area contributed by atoms with E-state index in [2.05, 4.69) is 10.1 Å². The third-order valence-corrected chi connectivity index (χ3v) is 3.40. The fraction of sp³-hybridized carbons (Fsp3) is 0.467. The van der Waals surface area contributed by atoms with Gasteiger partial charge in [0, 0.05) is 6.04 Å². The molecule has 0 spiro atoms. The van der Waals surface area contributed by atoms with Crippen LogP contribution < -0.4 is 5.32 Å². The Morgan fingerprint density at radius 1 is 1.04 bits per heavy atom. The molecule has 1 saturated carbocycles. The van der Waals surface area contributed by atoms with Crippen molar-refractivity contribution < 1.29 is 40.7 Å². The number of rotatable bonds is 4. The second kappa shape index (κ2) is 6.57. The van der Waals surface area contributed by atoms with E-state index in [1.54, 1.807) is 0 Å². The van der Waals surface area contributed by atoms with Gasteiger partial charge in [0.15, 0.2) is 6.10 Å². The Morgan fingerprint density at radius 3 is 1.92 bits per heavy atom. The van der Waals surface area contributed by atoms with Crippen LogP contribution in [-0.2, 0) is 21.9 Å². The molecular formula is C15H13F6NO3. The topological polar surface area (TPSA) is 55.4 Å². The third kappa shape index (κ3) is 5.10. The minimum atomic E-state index is -5.08. The molecule has 0 bridgehead atoms. The second-order valence-corrected chi connectivity index (χ2v) is 5.62. The molecule has 25 heavy (non-hydrogen) atoms. The molecule has 138 valence electrons. The molecule has 0 aliphatic heterocycles. The van der Waals surface area contributed by atoms with Crippen molar-refractivity contribution in [2.45, 2.75) is 44.3 Å². The first-order chi connectivity index (χ1) is 11.4. The van der Waals surface area contributed by atoms with Crippen LogP contribution in [0.15, 0.2) is 18.2 Å². The number of carbonyl (C=O) groups excluding carboxylic acids is 2. The van der Waals surface area contributed by atoms with Gasteiger partial charge in [-0.3, -0.25) is 4.79 Å². The lowest BCUT2D eigenvalue weighted by Crippen LogP contribution is -2.37. The van der Waals surface area contributed by atoms with Gasteiger partial charge in [0.1, 0.15) is 0 Å². The number of hydrogen-bond donors (Lipinski definition) is 1. The SMILES string of the molecule is C[C@H](OC(=O)c1cc(C(F)(F)F)cc(C(F)(F)F)c1)C(=O)NC1CC1. The van der Waals surface area contributed by atoms with Crippen molar-refractivity contribution in [3.8, 4) is 0 Å². The number of ether oxygens (including phenoxy) is 1. The van der Waals surface area contributed by atoms with Gasteiger partial charge >= 0.3 is 18.3 Å². The van der Waals surface area contributed by atoms with Gasteiger partial charge in [-0.1, -0.05) is 0 Å². The lowest BCUT2D eigenvalue weighted by atomic mass is 10.0. The van der Waals surface area contributed by atoms with E-state index in [4.69, 9.17) is 0 Å². The van der Waals surface area contributed by atoms with Gasteiger partial charge in [-0.2, -0.15) is 26.3 Å². The minimum absolute atomic E-state index is 0.0426. The van der Waals surface area contributed by atoms with Crippen LogP contribution in [0.5, 0.6) is 0 Å². The molecule has 1 amide bonds. The molecule has 2 rings (SSSR count). The zero-order valence-electron chi connectivity index (χ0n) is 12.8. The number of esters is 1. The van der Waals surface area contributed by atoms with Crippen molar-refractivity contribution in [2.75, 3.05) is 0 Å². The van der Waals surface area contributed by atoms with Crippen LogP contribution in [0.3, 0.4) is 0 Å². The highest BCUT2D eigenvalue weighted by molar-refractivity contribution is 5.92. The highest BCUT2D eigenvalue weighted by Crippen LogP contribution is 2.36. The van der Waals surface area contributed by atoms with E-state index in [0.29, 0.717) is 0 Å². The fourth-order valence-corrected chi connectivity index (χ4v) is 1.90. The quantitative estimate of drug-likeness (QED) is 0.652. The van der Waals surface area contributed by atoms with Gasteiger partial charge in [0.2, 0.25) is 0 Å². The number of benzene rings is 1. The normalized spacial score (nSPS) is 16.3. The van der Waals surface area contributed by atoms with Crippen molar-refractivity contribution in [3.05, 3.63) is 34.9 Å². The summed E-state index contributed by atoms with van der Waals surface area (Å²) in [6.07, 6.45) is -9.99. The second-order valence-electron chi connectivity index (χ2n) is 5.62. The van der Waals surface area contributed by atoms with Gasteiger partial charge in [0.05, 0.1) is 16.7 Å². The number of halogens is 6. The molecule has 1 aliphatic carbocycles. The first-order valence-corrected chi connectivity index (χ1v) is 7.19. The summed E-state index contributed by atoms with van der Waals surface area (Å²) in [7, 11) is 0. The summed E-state index contributed by atoms with van der Waals surface area (Å²) in [6.45, 7) is 1.17. The van der Waals surface area contributed by atoms with Crippen molar-refractivity contribution in [1.29, 1.82) is 0 Å². The first-order valence-electron chi connectivity index (χ1n) is 7.19. The molecule has 1 aromatic rings. The average molecular weight is 369 g/mol.